The number of benzene rings is 2. The summed E-state index contributed by atoms with van der Waals surface area (Å²) in [4.78, 5) is 50.0. The Morgan fingerprint density at radius 1 is 1.06 bits per heavy atom. The van der Waals surface area contributed by atoms with Crippen LogP contribution in [0.1, 0.15) is 29.3 Å². The molecular weight excluding hydrogens is 422 g/mol. The van der Waals surface area contributed by atoms with E-state index < -0.39 is 64.9 Å². The van der Waals surface area contributed by atoms with Crippen molar-refractivity contribution in [3.8, 4) is 0 Å². The van der Waals surface area contributed by atoms with E-state index in [2.05, 4.69) is 5.43 Å². The molecule has 4 amide bonds. The van der Waals surface area contributed by atoms with Gasteiger partial charge in [-0.3, -0.25) is 24.6 Å². The van der Waals surface area contributed by atoms with Gasteiger partial charge >= 0.3 is 6.18 Å². The Kier molecular flexibility index (Phi) is 5.78. The molecule has 1 unspecified atom stereocenters. The number of hydrogen-bond donors (Lipinski definition) is 1. The lowest BCUT2D eigenvalue weighted by Gasteiger charge is -2.27. The van der Waals surface area contributed by atoms with Crippen LogP contribution in [0.15, 0.2) is 48.5 Å². The minimum Gasteiger partial charge on any atom is -0.274 e. The highest BCUT2D eigenvalue weighted by atomic mass is 19.4. The van der Waals surface area contributed by atoms with E-state index in [0.717, 1.165) is 31.2 Å². The molecule has 7 nitrogen and oxygen atoms in total. The Morgan fingerprint density at radius 2 is 1.68 bits per heavy atom. The Balaban J connectivity index is 1.92. The van der Waals surface area contributed by atoms with Crippen LogP contribution >= 0.6 is 0 Å². The van der Waals surface area contributed by atoms with Crippen LogP contribution in [0.25, 0.3) is 0 Å². The van der Waals surface area contributed by atoms with Crippen molar-refractivity contribution in [2.75, 3.05) is 4.90 Å². The van der Waals surface area contributed by atoms with Gasteiger partial charge in [0, 0.05) is 6.92 Å². The Labute approximate surface area is 173 Å². The summed E-state index contributed by atoms with van der Waals surface area (Å²) in [6, 6.07) is 7.25. The number of nitrogens with one attached hydrogen (secondary N) is 1. The molecule has 1 N–H and O–H groups in total. The van der Waals surface area contributed by atoms with Gasteiger partial charge in [0.15, 0.2) is 0 Å². The summed E-state index contributed by atoms with van der Waals surface area (Å²) in [7, 11) is 0. The minimum absolute atomic E-state index is 0.332. The molecule has 11 heteroatoms. The molecule has 0 aliphatic carbocycles. The lowest BCUT2D eigenvalue weighted by atomic mass is 10.1. The first-order chi connectivity index (χ1) is 14.5. The van der Waals surface area contributed by atoms with E-state index in [1.54, 1.807) is 0 Å². The highest BCUT2D eigenvalue weighted by Gasteiger charge is 2.47. The van der Waals surface area contributed by atoms with E-state index in [4.69, 9.17) is 0 Å². The van der Waals surface area contributed by atoms with Gasteiger partial charge < -0.3 is 0 Å². The molecule has 162 valence electrons. The molecule has 1 fully saturated rings. The van der Waals surface area contributed by atoms with Crippen molar-refractivity contribution in [2.45, 2.75) is 25.6 Å². The summed E-state index contributed by atoms with van der Waals surface area (Å²) in [6.07, 6.45) is -5.50. The van der Waals surface area contributed by atoms with Gasteiger partial charge in [-0.2, -0.15) is 13.2 Å². The zero-order valence-electron chi connectivity index (χ0n) is 15.9. The van der Waals surface area contributed by atoms with Crippen LogP contribution in [-0.4, -0.2) is 34.7 Å². The number of carbonyl (C=O) groups excluding carboxylic acids is 4. The Morgan fingerprint density at radius 3 is 2.29 bits per heavy atom. The maximum absolute atomic E-state index is 13.8. The summed E-state index contributed by atoms with van der Waals surface area (Å²) in [5.41, 5.74) is -0.250. The van der Waals surface area contributed by atoms with Crippen molar-refractivity contribution in [1.29, 1.82) is 0 Å². The average molecular weight is 437 g/mol. The van der Waals surface area contributed by atoms with E-state index in [-0.39, 0.29) is 0 Å². The number of anilines is 1. The van der Waals surface area contributed by atoms with E-state index in [0.29, 0.717) is 16.0 Å². The fourth-order valence-electron chi connectivity index (χ4n) is 3.17. The molecule has 31 heavy (non-hydrogen) atoms. The maximum atomic E-state index is 13.8. The van der Waals surface area contributed by atoms with Gasteiger partial charge in [0.25, 0.3) is 11.8 Å². The highest BCUT2D eigenvalue weighted by molar-refractivity contribution is 6.23. The molecular formula is C20H15F4N3O4. The quantitative estimate of drug-likeness (QED) is 0.455. The highest BCUT2D eigenvalue weighted by Crippen LogP contribution is 2.38. The summed E-state index contributed by atoms with van der Waals surface area (Å²) >= 11 is 0. The maximum Gasteiger partial charge on any atom is 0.418 e. The topological polar surface area (TPSA) is 86.8 Å². The van der Waals surface area contributed by atoms with Gasteiger partial charge in [-0.1, -0.05) is 24.3 Å². The predicted molar refractivity (Wildman–Crippen MR) is 98.7 cm³/mol. The van der Waals surface area contributed by atoms with Crippen LogP contribution in [0.4, 0.5) is 23.2 Å². The molecule has 0 bridgehead atoms. The van der Waals surface area contributed by atoms with Crippen molar-refractivity contribution in [3.05, 3.63) is 65.5 Å². The third-order valence-electron chi connectivity index (χ3n) is 4.56. The van der Waals surface area contributed by atoms with Gasteiger partial charge in [0.1, 0.15) is 11.9 Å². The predicted octanol–water partition coefficient (Wildman–Crippen LogP) is 2.67. The molecule has 1 heterocycles. The van der Waals surface area contributed by atoms with Crippen LogP contribution in [0.5, 0.6) is 0 Å². The molecule has 0 radical (unpaired) electrons. The summed E-state index contributed by atoms with van der Waals surface area (Å²) < 4.78 is 53.8. The van der Waals surface area contributed by atoms with Gasteiger partial charge in [0.2, 0.25) is 11.8 Å². The van der Waals surface area contributed by atoms with Crippen molar-refractivity contribution in [2.24, 2.45) is 0 Å². The number of halogens is 4. The van der Waals surface area contributed by atoms with Gasteiger partial charge in [-0.05, 0) is 24.3 Å². The van der Waals surface area contributed by atoms with Gasteiger partial charge in [0.05, 0.1) is 23.2 Å². The first-order valence-corrected chi connectivity index (χ1v) is 8.90. The Bertz CT molecular complexity index is 1070. The van der Waals surface area contributed by atoms with E-state index in [9.17, 15) is 36.7 Å². The second-order valence-electron chi connectivity index (χ2n) is 6.61. The molecule has 1 atom stereocenters. The van der Waals surface area contributed by atoms with Crippen molar-refractivity contribution in [1.82, 2.24) is 10.4 Å². The Hall–Kier alpha value is -3.76. The fourth-order valence-corrected chi connectivity index (χ4v) is 3.17. The number of nitrogens with zero attached hydrogens (tertiary/aromatic N) is 2. The first kappa shape index (κ1) is 21.9. The van der Waals surface area contributed by atoms with Crippen LogP contribution in [0, 0.1) is 5.82 Å². The number of hydrazine groups is 1. The number of amides is 4. The van der Waals surface area contributed by atoms with Crippen LogP contribution in [0.2, 0.25) is 0 Å². The van der Waals surface area contributed by atoms with E-state index in [1.165, 1.54) is 18.2 Å². The second kappa shape index (κ2) is 8.17. The van der Waals surface area contributed by atoms with Crippen LogP contribution in [0.3, 0.4) is 0 Å². The molecule has 1 saturated heterocycles. The smallest absolute Gasteiger partial charge is 0.274 e. The summed E-state index contributed by atoms with van der Waals surface area (Å²) in [5, 5.41) is 0.519. The average Bonchev–Trinajstić information content (AvgIpc) is 2.99. The standard InChI is InChI=1S/C20H15F4N3O4/c1-11(28)27(25-18(30)12-6-2-4-8-14(12)21)16-10-17(29)26(19(16)31)15-9-5-3-7-13(15)20(22,23)24/h2-9,16H,10H2,1H3,(H,25,30). The van der Waals surface area contributed by atoms with Crippen molar-refractivity contribution >= 4 is 29.3 Å². The molecule has 1 aliphatic heterocycles. The largest absolute Gasteiger partial charge is 0.418 e. The summed E-state index contributed by atoms with van der Waals surface area (Å²) in [6.45, 7) is 0.978. The molecule has 3 rings (SSSR count). The lowest BCUT2D eigenvalue weighted by molar-refractivity contribution is -0.139. The SMILES string of the molecule is CC(=O)N(NC(=O)c1ccccc1F)C1CC(=O)N(c2ccccc2C(F)(F)F)C1=O. The second-order valence-corrected chi connectivity index (χ2v) is 6.61. The molecule has 2 aromatic rings. The zero-order chi connectivity index (χ0) is 22.9. The van der Waals surface area contributed by atoms with Crippen LogP contribution < -0.4 is 10.3 Å². The normalized spacial score (nSPS) is 16.4. The fraction of sp³-hybridized carbons (Fsp3) is 0.200. The lowest BCUT2D eigenvalue weighted by Crippen LogP contribution is -2.54. The summed E-state index contributed by atoms with van der Waals surface area (Å²) in [5.74, 6) is -4.95. The minimum atomic E-state index is -4.84. The van der Waals surface area contributed by atoms with E-state index in [1.807, 2.05) is 0 Å². The van der Waals surface area contributed by atoms with E-state index >= 15 is 0 Å². The zero-order valence-corrected chi connectivity index (χ0v) is 15.9. The van der Waals surface area contributed by atoms with Crippen LogP contribution in [-0.2, 0) is 20.6 Å². The first-order valence-electron chi connectivity index (χ1n) is 8.90. The monoisotopic (exact) mass is 437 g/mol. The van der Waals surface area contributed by atoms with Gasteiger partial charge in [-0.25, -0.2) is 14.3 Å². The van der Waals surface area contributed by atoms with Gasteiger partial charge in [-0.15, -0.1) is 0 Å². The number of para-hydroxylation sites is 1. The molecule has 0 aromatic heterocycles. The molecule has 0 spiro atoms. The molecule has 1 aliphatic rings. The molecule has 0 saturated carbocycles. The number of imide groups is 1. The number of hydrogen-bond acceptors (Lipinski definition) is 4. The van der Waals surface area contributed by atoms with Crippen molar-refractivity contribution in [3.63, 3.8) is 0 Å². The molecule has 2 aromatic carbocycles. The van der Waals surface area contributed by atoms with Crippen molar-refractivity contribution < 1.29 is 36.7 Å². The number of alkyl halides is 3. The number of carbonyl (C=O) groups is 4. The third kappa shape index (κ3) is 4.25. The number of rotatable bonds is 3. The third-order valence-corrected chi connectivity index (χ3v) is 4.56.